The maximum atomic E-state index is 10.7. The minimum absolute atomic E-state index is 0.661. The highest BCUT2D eigenvalue weighted by molar-refractivity contribution is 5.49. The van der Waals surface area contributed by atoms with Gasteiger partial charge in [-0.05, 0) is 6.42 Å². The van der Waals surface area contributed by atoms with Crippen molar-refractivity contribution in [3.05, 3.63) is 6.20 Å². The molecule has 0 unspecified atom stereocenters. The van der Waals surface area contributed by atoms with Gasteiger partial charge in [-0.1, -0.05) is 13.3 Å². The van der Waals surface area contributed by atoms with Crippen LogP contribution in [0.4, 0.5) is 11.8 Å². The number of unbranched alkanes of at least 4 members (excludes halogenated alkanes) is 1. The van der Waals surface area contributed by atoms with Crippen LogP contribution in [-0.2, 0) is 4.79 Å². The molecule has 0 saturated carbocycles. The number of hydrogen-bond donors (Lipinski definition) is 0. The summed E-state index contributed by atoms with van der Waals surface area (Å²) in [6.45, 7) is 6.13. The molecule has 7 heteroatoms. The third-order valence-corrected chi connectivity index (χ3v) is 3.51. The van der Waals surface area contributed by atoms with E-state index < -0.39 is 0 Å². The molecule has 2 heterocycles. The fourth-order valence-electron chi connectivity index (χ4n) is 2.15. The van der Waals surface area contributed by atoms with Crippen molar-refractivity contribution in [3.8, 4) is 0 Å². The van der Waals surface area contributed by atoms with E-state index in [1.165, 1.54) is 0 Å². The monoisotopic (exact) mass is 278 g/mol. The molecule has 1 aromatic heterocycles. The number of anilines is 2. The quantitative estimate of drug-likeness (QED) is 0.701. The smallest absolute Gasteiger partial charge is 0.247 e. The van der Waals surface area contributed by atoms with Crippen LogP contribution in [0.5, 0.6) is 0 Å². The van der Waals surface area contributed by atoms with Gasteiger partial charge < -0.3 is 14.7 Å². The standard InChI is InChI=1S/C13H22N6O/c1-3-4-5-17(2)13-15-12(10-14-16-13)19-8-6-18(11-20)7-9-19/h10-11H,3-9H2,1-2H3. The predicted molar refractivity (Wildman–Crippen MR) is 77.9 cm³/mol. The highest BCUT2D eigenvalue weighted by Crippen LogP contribution is 2.14. The zero-order valence-corrected chi connectivity index (χ0v) is 12.2. The number of rotatable bonds is 6. The van der Waals surface area contributed by atoms with Crippen LogP contribution >= 0.6 is 0 Å². The summed E-state index contributed by atoms with van der Waals surface area (Å²) >= 11 is 0. The first-order valence-corrected chi connectivity index (χ1v) is 7.09. The molecule has 1 saturated heterocycles. The first-order valence-electron chi connectivity index (χ1n) is 7.09. The van der Waals surface area contributed by atoms with Gasteiger partial charge >= 0.3 is 0 Å². The van der Waals surface area contributed by atoms with Crippen molar-refractivity contribution < 1.29 is 4.79 Å². The zero-order valence-electron chi connectivity index (χ0n) is 12.2. The molecule has 2 rings (SSSR count). The Morgan fingerprint density at radius 2 is 2.10 bits per heavy atom. The Kier molecular flexibility index (Phi) is 5.09. The summed E-state index contributed by atoms with van der Waals surface area (Å²) in [7, 11) is 1.99. The molecule has 20 heavy (non-hydrogen) atoms. The first kappa shape index (κ1) is 14.5. The average Bonchev–Trinajstić information content (AvgIpc) is 2.52. The van der Waals surface area contributed by atoms with Crippen molar-refractivity contribution in [2.75, 3.05) is 49.6 Å². The van der Waals surface area contributed by atoms with Crippen LogP contribution < -0.4 is 9.80 Å². The van der Waals surface area contributed by atoms with E-state index in [-0.39, 0.29) is 0 Å². The van der Waals surface area contributed by atoms with E-state index in [4.69, 9.17) is 0 Å². The largest absolute Gasteiger partial charge is 0.352 e. The second kappa shape index (κ2) is 7.02. The van der Waals surface area contributed by atoms with Crippen molar-refractivity contribution in [3.63, 3.8) is 0 Å². The number of hydrogen-bond acceptors (Lipinski definition) is 6. The molecular weight excluding hydrogens is 256 g/mol. The van der Waals surface area contributed by atoms with Crippen LogP contribution in [-0.4, -0.2) is 66.3 Å². The van der Waals surface area contributed by atoms with Gasteiger partial charge in [-0.2, -0.15) is 10.1 Å². The molecular formula is C13H22N6O. The molecule has 0 bridgehead atoms. The molecule has 0 aliphatic carbocycles. The summed E-state index contributed by atoms with van der Waals surface area (Å²) in [5.41, 5.74) is 0. The fourth-order valence-corrected chi connectivity index (χ4v) is 2.15. The molecule has 0 spiro atoms. The molecule has 110 valence electrons. The minimum Gasteiger partial charge on any atom is -0.352 e. The third kappa shape index (κ3) is 3.55. The number of carbonyl (C=O) groups is 1. The topological polar surface area (TPSA) is 65.5 Å². The Labute approximate surface area is 119 Å². The van der Waals surface area contributed by atoms with Gasteiger partial charge in [-0.3, -0.25) is 4.79 Å². The highest BCUT2D eigenvalue weighted by atomic mass is 16.1. The van der Waals surface area contributed by atoms with Gasteiger partial charge in [0, 0.05) is 39.8 Å². The maximum Gasteiger partial charge on any atom is 0.247 e. The van der Waals surface area contributed by atoms with Crippen LogP contribution in [0.1, 0.15) is 19.8 Å². The van der Waals surface area contributed by atoms with Crippen molar-refractivity contribution in [1.29, 1.82) is 0 Å². The lowest BCUT2D eigenvalue weighted by Gasteiger charge is -2.33. The Balaban J connectivity index is 2.00. The van der Waals surface area contributed by atoms with Gasteiger partial charge in [0.1, 0.15) is 0 Å². The summed E-state index contributed by atoms with van der Waals surface area (Å²) < 4.78 is 0. The Hall–Kier alpha value is -1.92. The molecule has 0 radical (unpaired) electrons. The van der Waals surface area contributed by atoms with E-state index in [0.717, 1.165) is 57.8 Å². The van der Waals surface area contributed by atoms with Gasteiger partial charge in [0.15, 0.2) is 5.82 Å². The maximum absolute atomic E-state index is 10.7. The predicted octanol–water partition coefficient (Wildman–Crippen LogP) is 0.386. The van der Waals surface area contributed by atoms with Crippen LogP contribution in [0.25, 0.3) is 0 Å². The number of aromatic nitrogens is 3. The summed E-state index contributed by atoms with van der Waals surface area (Å²) in [5.74, 6) is 1.50. The lowest BCUT2D eigenvalue weighted by Crippen LogP contribution is -2.46. The van der Waals surface area contributed by atoms with E-state index in [1.807, 2.05) is 11.9 Å². The van der Waals surface area contributed by atoms with E-state index in [0.29, 0.717) is 5.95 Å². The first-order chi connectivity index (χ1) is 9.74. The highest BCUT2D eigenvalue weighted by Gasteiger charge is 2.18. The number of carbonyl (C=O) groups excluding carboxylic acids is 1. The van der Waals surface area contributed by atoms with Gasteiger partial charge in [0.05, 0.1) is 6.20 Å². The van der Waals surface area contributed by atoms with E-state index in [2.05, 4.69) is 27.0 Å². The van der Waals surface area contributed by atoms with E-state index in [1.54, 1.807) is 11.1 Å². The molecule has 1 amide bonds. The average molecular weight is 278 g/mol. The lowest BCUT2D eigenvalue weighted by molar-refractivity contribution is -0.118. The van der Waals surface area contributed by atoms with Gasteiger partial charge in [0.2, 0.25) is 12.4 Å². The van der Waals surface area contributed by atoms with Gasteiger partial charge in [-0.25, -0.2) is 0 Å². The molecule has 1 fully saturated rings. The zero-order chi connectivity index (χ0) is 14.4. The summed E-state index contributed by atoms with van der Waals surface area (Å²) in [6, 6.07) is 0. The van der Waals surface area contributed by atoms with Crippen molar-refractivity contribution in [2.45, 2.75) is 19.8 Å². The molecule has 7 nitrogen and oxygen atoms in total. The van der Waals surface area contributed by atoms with Crippen LogP contribution in [0.3, 0.4) is 0 Å². The minimum atomic E-state index is 0.661. The SMILES string of the molecule is CCCCN(C)c1nncc(N2CCN(C=O)CC2)n1. The number of amides is 1. The second-order valence-corrected chi connectivity index (χ2v) is 5.02. The third-order valence-electron chi connectivity index (χ3n) is 3.51. The van der Waals surface area contributed by atoms with Crippen LogP contribution in [0.15, 0.2) is 6.20 Å². The molecule has 1 aliphatic rings. The molecule has 0 aromatic carbocycles. The molecule has 1 aromatic rings. The van der Waals surface area contributed by atoms with Crippen molar-refractivity contribution in [1.82, 2.24) is 20.1 Å². The van der Waals surface area contributed by atoms with Gasteiger partial charge in [-0.15, -0.1) is 5.10 Å². The molecule has 0 atom stereocenters. The number of piperazine rings is 1. The Bertz CT molecular complexity index is 433. The molecule has 0 N–H and O–H groups in total. The second-order valence-electron chi connectivity index (χ2n) is 5.02. The Morgan fingerprint density at radius 1 is 1.35 bits per heavy atom. The summed E-state index contributed by atoms with van der Waals surface area (Å²) in [4.78, 5) is 21.2. The Morgan fingerprint density at radius 3 is 2.75 bits per heavy atom. The van der Waals surface area contributed by atoms with E-state index in [9.17, 15) is 4.79 Å². The van der Waals surface area contributed by atoms with Gasteiger partial charge in [0.25, 0.3) is 0 Å². The number of nitrogens with zero attached hydrogens (tertiary/aromatic N) is 6. The summed E-state index contributed by atoms with van der Waals surface area (Å²) in [6.07, 6.45) is 4.85. The van der Waals surface area contributed by atoms with Crippen LogP contribution in [0, 0.1) is 0 Å². The summed E-state index contributed by atoms with van der Waals surface area (Å²) in [5, 5.41) is 8.14. The fraction of sp³-hybridized carbons (Fsp3) is 0.692. The molecule has 1 aliphatic heterocycles. The normalized spacial score (nSPS) is 15.3. The van der Waals surface area contributed by atoms with E-state index >= 15 is 0 Å². The lowest BCUT2D eigenvalue weighted by atomic mass is 10.3. The van der Waals surface area contributed by atoms with Crippen LogP contribution in [0.2, 0.25) is 0 Å². The van der Waals surface area contributed by atoms with Crippen molar-refractivity contribution >= 4 is 18.2 Å². The van der Waals surface area contributed by atoms with Crippen molar-refractivity contribution in [2.24, 2.45) is 0 Å².